The molecule has 1 aliphatic heterocycles. The number of hydrogen-bond acceptors (Lipinski definition) is 4. The molecular weight excluding hydrogens is 411 g/mol. The number of halogens is 2. The molecule has 0 saturated heterocycles. The van der Waals surface area contributed by atoms with Gasteiger partial charge in [-0.1, -0.05) is 59.6 Å². The zero-order valence-corrected chi connectivity index (χ0v) is 17.2. The molecule has 29 heavy (non-hydrogen) atoms. The maximum Gasteiger partial charge on any atom is 0.305 e. The van der Waals surface area contributed by atoms with Crippen LogP contribution in [0, 0.1) is 0 Å². The number of hydrogen-bond donors (Lipinski definition) is 1. The number of aliphatic imine (C=N–C) groups is 1. The zero-order chi connectivity index (χ0) is 20.8. The lowest BCUT2D eigenvalue weighted by molar-refractivity contribution is -0.137. The molecule has 0 aliphatic carbocycles. The smallest absolute Gasteiger partial charge is 0.305 e. The second kappa shape index (κ2) is 9.72. The Morgan fingerprint density at radius 2 is 1.86 bits per heavy atom. The number of aldehydes is 1. The van der Waals surface area contributed by atoms with Gasteiger partial charge in [0.2, 0.25) is 0 Å². The Hall–Kier alpha value is -2.63. The average molecular weight is 431 g/mol. The topological polar surface area (TPSA) is 70.0 Å². The minimum Gasteiger partial charge on any atom is -0.481 e. The third kappa shape index (κ3) is 5.46. The number of carboxylic acids is 1. The Labute approximate surface area is 179 Å². The van der Waals surface area contributed by atoms with Crippen LogP contribution in [0.3, 0.4) is 0 Å². The molecule has 1 aliphatic rings. The van der Waals surface area contributed by atoms with E-state index >= 15 is 0 Å². The molecule has 1 N–H and O–H groups in total. The van der Waals surface area contributed by atoms with Gasteiger partial charge >= 0.3 is 5.97 Å². The Morgan fingerprint density at radius 1 is 1.10 bits per heavy atom. The van der Waals surface area contributed by atoms with Crippen molar-refractivity contribution in [3.8, 4) is 0 Å². The van der Waals surface area contributed by atoms with E-state index in [9.17, 15) is 9.59 Å². The van der Waals surface area contributed by atoms with Crippen LogP contribution in [0.15, 0.2) is 59.1 Å². The van der Waals surface area contributed by atoms with Gasteiger partial charge in [0.05, 0.1) is 22.2 Å². The maximum atomic E-state index is 11.6. The molecule has 1 heterocycles. The van der Waals surface area contributed by atoms with Gasteiger partial charge < -0.3 is 10.0 Å². The van der Waals surface area contributed by atoms with E-state index in [1.807, 2.05) is 35.2 Å². The molecule has 2 aromatic rings. The van der Waals surface area contributed by atoms with Crippen LogP contribution < -0.4 is 0 Å². The lowest BCUT2D eigenvalue weighted by Crippen LogP contribution is -2.34. The van der Waals surface area contributed by atoms with Crippen molar-refractivity contribution in [2.45, 2.75) is 25.8 Å². The normalized spacial score (nSPS) is 13.8. The van der Waals surface area contributed by atoms with Crippen LogP contribution in [0.5, 0.6) is 0 Å². The summed E-state index contributed by atoms with van der Waals surface area (Å²) >= 11 is 12.2. The summed E-state index contributed by atoms with van der Waals surface area (Å²) in [4.78, 5) is 29.5. The minimum atomic E-state index is -0.867. The van der Waals surface area contributed by atoms with Crippen molar-refractivity contribution in [1.82, 2.24) is 4.90 Å². The van der Waals surface area contributed by atoms with Gasteiger partial charge in [-0.25, -0.2) is 4.99 Å². The highest BCUT2D eigenvalue weighted by Crippen LogP contribution is 2.32. The molecule has 150 valence electrons. The lowest BCUT2D eigenvalue weighted by Gasteiger charge is -2.29. The molecule has 3 rings (SSSR count). The molecule has 0 aromatic heterocycles. The molecule has 5 nitrogen and oxygen atoms in total. The first-order chi connectivity index (χ1) is 14.0. The summed E-state index contributed by atoms with van der Waals surface area (Å²) in [5, 5.41) is 9.96. The standard InChI is InChI=1S/C22H20Cl2N2O3/c23-18-8-6-16(12-19(18)24)22-17(14-27)7-9-20(25-22)26(11-10-21(28)29)13-15-4-2-1-3-5-15/h1-6,8,12,14H,7,9-11,13H2,(H,28,29). The van der Waals surface area contributed by atoms with Crippen LogP contribution in [0.1, 0.15) is 30.4 Å². The van der Waals surface area contributed by atoms with Gasteiger partial charge in [0.15, 0.2) is 0 Å². The number of rotatable bonds is 7. The largest absolute Gasteiger partial charge is 0.481 e. The van der Waals surface area contributed by atoms with Gasteiger partial charge in [0.1, 0.15) is 12.1 Å². The predicted molar refractivity (Wildman–Crippen MR) is 115 cm³/mol. The third-order valence-corrected chi connectivity index (χ3v) is 5.41. The fourth-order valence-corrected chi connectivity index (χ4v) is 3.49. The molecule has 0 spiro atoms. The highest BCUT2D eigenvalue weighted by atomic mass is 35.5. The van der Waals surface area contributed by atoms with Gasteiger partial charge in [0, 0.05) is 30.6 Å². The van der Waals surface area contributed by atoms with Gasteiger partial charge in [0.25, 0.3) is 0 Å². The molecule has 0 atom stereocenters. The van der Waals surface area contributed by atoms with E-state index < -0.39 is 5.97 Å². The van der Waals surface area contributed by atoms with Crippen molar-refractivity contribution < 1.29 is 14.7 Å². The van der Waals surface area contributed by atoms with Crippen molar-refractivity contribution in [1.29, 1.82) is 0 Å². The van der Waals surface area contributed by atoms with E-state index in [0.717, 1.165) is 17.7 Å². The third-order valence-electron chi connectivity index (χ3n) is 4.68. The van der Waals surface area contributed by atoms with E-state index in [0.29, 0.717) is 52.8 Å². The van der Waals surface area contributed by atoms with Gasteiger partial charge in [-0.3, -0.25) is 9.59 Å². The zero-order valence-electron chi connectivity index (χ0n) is 15.6. The number of allylic oxidation sites excluding steroid dienone is 1. The number of carbonyl (C=O) groups is 2. The number of amidine groups is 1. The second-order valence-electron chi connectivity index (χ2n) is 6.70. The summed E-state index contributed by atoms with van der Waals surface area (Å²) in [6.07, 6.45) is 1.90. The summed E-state index contributed by atoms with van der Waals surface area (Å²) < 4.78 is 0. The summed E-state index contributed by atoms with van der Waals surface area (Å²) in [5.41, 5.74) is 2.90. The second-order valence-corrected chi connectivity index (χ2v) is 7.51. The Morgan fingerprint density at radius 3 is 2.52 bits per heavy atom. The SMILES string of the molecule is O=CC1=C(c2ccc(Cl)c(Cl)c2)N=C(N(CCC(=O)O)Cc2ccccc2)CC1. The van der Waals surface area contributed by atoms with Crippen molar-refractivity contribution >= 4 is 47.0 Å². The highest BCUT2D eigenvalue weighted by Gasteiger charge is 2.21. The van der Waals surface area contributed by atoms with Crippen LogP contribution in [0.25, 0.3) is 5.70 Å². The average Bonchev–Trinajstić information content (AvgIpc) is 2.73. The Bertz CT molecular complexity index is 971. The molecule has 0 fully saturated rings. The summed E-state index contributed by atoms with van der Waals surface area (Å²) in [6.45, 7) is 0.867. The molecule has 0 bridgehead atoms. The first kappa shape index (κ1) is 21.1. The molecular formula is C22H20Cl2N2O3. The van der Waals surface area contributed by atoms with Crippen LogP contribution in [-0.2, 0) is 16.1 Å². The van der Waals surface area contributed by atoms with E-state index in [-0.39, 0.29) is 6.42 Å². The molecule has 2 aromatic carbocycles. The fourth-order valence-electron chi connectivity index (χ4n) is 3.19. The maximum absolute atomic E-state index is 11.6. The molecule has 7 heteroatoms. The van der Waals surface area contributed by atoms with Gasteiger partial charge in [-0.15, -0.1) is 0 Å². The molecule has 0 saturated carbocycles. The number of nitrogens with zero attached hydrogens (tertiary/aromatic N) is 2. The van der Waals surface area contributed by atoms with Crippen LogP contribution in [0.2, 0.25) is 10.0 Å². The van der Waals surface area contributed by atoms with Gasteiger partial charge in [-0.2, -0.15) is 0 Å². The molecule has 0 radical (unpaired) electrons. The monoisotopic (exact) mass is 430 g/mol. The van der Waals surface area contributed by atoms with Crippen molar-refractivity contribution in [2.24, 2.45) is 4.99 Å². The fraction of sp³-hybridized carbons (Fsp3) is 0.227. The van der Waals surface area contributed by atoms with Crippen molar-refractivity contribution in [3.05, 3.63) is 75.3 Å². The van der Waals surface area contributed by atoms with Crippen LogP contribution in [-0.4, -0.2) is 34.6 Å². The summed E-state index contributed by atoms with van der Waals surface area (Å²) in [6, 6.07) is 14.9. The quantitative estimate of drug-likeness (QED) is 0.622. The Kier molecular flexibility index (Phi) is 7.07. The van der Waals surface area contributed by atoms with Crippen molar-refractivity contribution in [3.63, 3.8) is 0 Å². The highest BCUT2D eigenvalue weighted by molar-refractivity contribution is 6.42. The number of carboxylic acid groups (broad SMARTS) is 1. The van der Waals surface area contributed by atoms with E-state index in [2.05, 4.69) is 0 Å². The molecule has 0 unspecified atom stereocenters. The first-order valence-electron chi connectivity index (χ1n) is 9.20. The van der Waals surface area contributed by atoms with E-state index in [4.69, 9.17) is 33.3 Å². The lowest BCUT2D eigenvalue weighted by atomic mass is 10.00. The van der Waals surface area contributed by atoms with E-state index in [1.54, 1.807) is 18.2 Å². The Balaban J connectivity index is 1.96. The number of benzene rings is 2. The van der Waals surface area contributed by atoms with Crippen LogP contribution >= 0.6 is 23.2 Å². The first-order valence-corrected chi connectivity index (χ1v) is 9.95. The van der Waals surface area contributed by atoms with E-state index in [1.165, 1.54) is 0 Å². The number of carbonyl (C=O) groups excluding carboxylic acids is 1. The number of aliphatic carboxylic acids is 1. The predicted octanol–water partition coefficient (Wildman–Crippen LogP) is 5.07. The van der Waals surface area contributed by atoms with Crippen molar-refractivity contribution in [2.75, 3.05) is 6.54 Å². The molecule has 0 amide bonds. The summed E-state index contributed by atoms with van der Waals surface area (Å²) in [7, 11) is 0. The summed E-state index contributed by atoms with van der Waals surface area (Å²) in [5.74, 6) is -0.116. The van der Waals surface area contributed by atoms with Gasteiger partial charge in [-0.05, 0) is 24.1 Å². The van der Waals surface area contributed by atoms with Crippen LogP contribution in [0.4, 0.5) is 0 Å². The minimum absolute atomic E-state index is 0.00177.